The molecule has 0 amide bonds. The Labute approximate surface area is 223 Å². The van der Waals surface area contributed by atoms with Gasteiger partial charge in [0.15, 0.2) is 0 Å². The molecular formula is C19H19Br2N6O7S2+. The minimum Gasteiger partial charge on any atom is -0.467 e. The summed E-state index contributed by atoms with van der Waals surface area (Å²) in [6, 6.07) is 11.5. The van der Waals surface area contributed by atoms with Gasteiger partial charge >= 0.3 is 44.0 Å². The molecule has 13 nitrogen and oxygen atoms in total. The number of nitrogens with one attached hydrogen (secondary N) is 2. The van der Waals surface area contributed by atoms with Crippen molar-refractivity contribution in [2.75, 3.05) is 26.6 Å². The molecule has 0 atom stereocenters. The molecule has 0 aliphatic heterocycles. The molecule has 0 fully saturated rings. The molecule has 17 heteroatoms. The lowest BCUT2D eigenvalue weighted by Crippen LogP contribution is -2.45. The van der Waals surface area contributed by atoms with E-state index in [0.717, 1.165) is 7.11 Å². The highest BCUT2D eigenvalue weighted by atomic mass is 79.9. The Morgan fingerprint density at radius 3 is 1.78 bits per heavy atom. The van der Waals surface area contributed by atoms with E-state index in [2.05, 4.69) is 56.9 Å². The second kappa shape index (κ2) is 11.4. The number of methoxy groups -OCH3 is 2. The van der Waals surface area contributed by atoms with Crippen molar-refractivity contribution in [3.63, 3.8) is 0 Å². The van der Waals surface area contributed by atoms with Crippen LogP contribution in [0.1, 0.15) is 0 Å². The van der Waals surface area contributed by atoms with Crippen LogP contribution in [-0.4, -0.2) is 63.2 Å². The highest BCUT2D eigenvalue weighted by molar-refractivity contribution is 9.10. The Morgan fingerprint density at radius 1 is 0.806 bits per heavy atom. The van der Waals surface area contributed by atoms with Crippen molar-refractivity contribution in [1.82, 2.24) is 19.7 Å². The van der Waals surface area contributed by atoms with Crippen LogP contribution in [0.4, 0.5) is 5.95 Å². The largest absolute Gasteiger partial charge is 0.467 e. The average molecular weight is 667 g/mol. The van der Waals surface area contributed by atoms with E-state index >= 15 is 0 Å². The number of ether oxygens (including phenoxy) is 2. The third-order valence-electron chi connectivity index (χ3n) is 4.23. The summed E-state index contributed by atoms with van der Waals surface area (Å²) in [6.45, 7) is 0. The Morgan fingerprint density at radius 2 is 1.31 bits per heavy atom. The van der Waals surface area contributed by atoms with Crippen LogP contribution in [0.2, 0.25) is 0 Å². The summed E-state index contributed by atoms with van der Waals surface area (Å²) in [7, 11) is -5.26. The summed E-state index contributed by atoms with van der Waals surface area (Å²) < 4.78 is 66.5. The first kappa shape index (κ1) is 27.6. The topological polar surface area (TPSA) is 162 Å². The van der Waals surface area contributed by atoms with Crippen molar-refractivity contribution in [3.05, 3.63) is 57.5 Å². The van der Waals surface area contributed by atoms with E-state index in [-0.39, 0.29) is 36.7 Å². The number of nitrogens with zero attached hydrogens (tertiary/aromatic N) is 4. The first-order valence-corrected chi connectivity index (χ1v) is 14.1. The maximum Gasteiger partial charge on any atom is 0.421 e. The summed E-state index contributed by atoms with van der Waals surface area (Å²) in [6.07, 6.45) is 0. The van der Waals surface area contributed by atoms with Gasteiger partial charge in [-0.1, -0.05) is 24.3 Å². The molecule has 36 heavy (non-hydrogen) atoms. The van der Waals surface area contributed by atoms with E-state index in [1.54, 1.807) is 12.1 Å². The summed E-state index contributed by atoms with van der Waals surface area (Å²) in [5, 5.41) is 2.52. The van der Waals surface area contributed by atoms with Crippen molar-refractivity contribution in [1.29, 1.82) is 0 Å². The van der Waals surface area contributed by atoms with Gasteiger partial charge in [-0.2, -0.15) is 21.6 Å². The summed E-state index contributed by atoms with van der Waals surface area (Å²) >= 11 is 6.37. The molecule has 0 unspecified atom stereocenters. The smallest absolute Gasteiger partial charge is 0.421 e. The molecule has 0 spiro atoms. The fourth-order valence-corrected chi connectivity index (χ4v) is 6.92. The van der Waals surface area contributed by atoms with Gasteiger partial charge in [-0.15, -0.1) is 15.0 Å². The Balaban J connectivity index is 2.24. The van der Waals surface area contributed by atoms with Crippen LogP contribution in [0, 0.1) is 0 Å². The molecule has 1 aromatic heterocycles. The SMILES string of the molecule is COc1nc(NC(NS(=O)(=O)c2ccccc2Br)=[N+](OC)S(=O)(=O)c2ccccc2Br)nc(OC)n1. The predicted octanol–water partition coefficient (Wildman–Crippen LogP) is 2.12. The quantitative estimate of drug-likeness (QED) is 0.157. The number of rotatable bonds is 8. The number of guanidine groups is 1. The first-order chi connectivity index (χ1) is 17.0. The monoisotopic (exact) mass is 665 g/mol. The predicted molar refractivity (Wildman–Crippen MR) is 135 cm³/mol. The number of hydrogen-bond acceptors (Lipinski definition) is 10. The highest BCUT2D eigenvalue weighted by Gasteiger charge is 2.36. The van der Waals surface area contributed by atoms with E-state index in [1.165, 1.54) is 50.6 Å². The lowest BCUT2D eigenvalue weighted by atomic mass is 10.4. The van der Waals surface area contributed by atoms with E-state index in [4.69, 9.17) is 14.3 Å². The van der Waals surface area contributed by atoms with Gasteiger partial charge < -0.3 is 14.3 Å². The van der Waals surface area contributed by atoms with Gasteiger partial charge in [0.25, 0.3) is 0 Å². The molecule has 2 aromatic carbocycles. The Hall–Kier alpha value is -3.02. The van der Waals surface area contributed by atoms with E-state index in [0.29, 0.717) is 4.14 Å². The zero-order valence-corrected chi connectivity index (χ0v) is 23.6. The normalized spacial score (nSPS) is 12.4. The van der Waals surface area contributed by atoms with Gasteiger partial charge in [-0.3, -0.25) is 0 Å². The van der Waals surface area contributed by atoms with Gasteiger partial charge in [-0.05, 0) is 56.1 Å². The molecule has 3 rings (SSSR count). The Bertz CT molecular complexity index is 1500. The molecule has 1 heterocycles. The van der Waals surface area contributed by atoms with Crippen LogP contribution in [0.25, 0.3) is 0 Å². The fourth-order valence-electron chi connectivity index (χ4n) is 2.69. The number of hydrogen-bond donors (Lipinski definition) is 2. The number of halogens is 2. The number of aromatic nitrogens is 3. The molecule has 0 radical (unpaired) electrons. The third-order valence-corrected chi connectivity index (χ3v) is 9.21. The van der Waals surface area contributed by atoms with Crippen LogP contribution < -0.4 is 19.5 Å². The molecule has 0 aliphatic rings. The molecule has 2 N–H and O–H groups in total. The number of benzene rings is 2. The van der Waals surface area contributed by atoms with E-state index < -0.39 is 26.0 Å². The second-order valence-electron chi connectivity index (χ2n) is 6.49. The van der Waals surface area contributed by atoms with Crippen LogP contribution >= 0.6 is 31.9 Å². The van der Waals surface area contributed by atoms with Crippen molar-refractivity contribution < 1.29 is 35.3 Å². The minimum atomic E-state index is -4.50. The minimum absolute atomic E-state index is 0.176. The zero-order valence-electron chi connectivity index (χ0n) is 18.8. The van der Waals surface area contributed by atoms with Crippen LogP contribution in [0.15, 0.2) is 67.3 Å². The van der Waals surface area contributed by atoms with Gasteiger partial charge in [0, 0.05) is 13.1 Å². The zero-order chi connectivity index (χ0) is 26.5. The number of sulfonamides is 2. The standard InChI is InChI=1S/C19H18Br2N6O7S2/c1-32-18-23-16(24-19(25-18)33-2)22-17(26-35(28,29)14-10-6-4-8-12(14)20)27(34-3)36(30,31)15-11-7-5-9-13(15)21/h4-11H,1-3H3,(H,22,23,24,25,26)/p+1. The van der Waals surface area contributed by atoms with Crippen LogP contribution in [-0.2, 0) is 24.9 Å². The van der Waals surface area contributed by atoms with Crippen molar-refractivity contribution >= 4 is 63.8 Å². The van der Waals surface area contributed by atoms with Gasteiger partial charge in [-0.25, -0.2) is 5.32 Å². The van der Waals surface area contributed by atoms with Crippen molar-refractivity contribution in [3.8, 4) is 12.0 Å². The lowest BCUT2D eigenvalue weighted by Gasteiger charge is -2.13. The second-order valence-corrected chi connectivity index (χ2v) is 11.6. The Kier molecular flexibility index (Phi) is 8.70. The van der Waals surface area contributed by atoms with E-state index in [1.807, 2.05) is 0 Å². The van der Waals surface area contributed by atoms with Gasteiger partial charge in [0.1, 0.15) is 16.9 Å². The van der Waals surface area contributed by atoms with Gasteiger partial charge in [0.05, 0.1) is 14.2 Å². The molecule has 0 aliphatic carbocycles. The van der Waals surface area contributed by atoms with Crippen molar-refractivity contribution in [2.24, 2.45) is 0 Å². The fraction of sp³-hybridized carbons (Fsp3) is 0.158. The van der Waals surface area contributed by atoms with Crippen LogP contribution in [0.3, 0.4) is 0 Å². The average Bonchev–Trinajstić information content (AvgIpc) is 2.84. The highest BCUT2D eigenvalue weighted by Crippen LogP contribution is 2.24. The van der Waals surface area contributed by atoms with Crippen molar-refractivity contribution in [2.45, 2.75) is 9.79 Å². The molecule has 192 valence electrons. The van der Waals surface area contributed by atoms with Gasteiger partial charge in [0.2, 0.25) is 0 Å². The molecule has 0 bridgehead atoms. The summed E-state index contributed by atoms with van der Waals surface area (Å²) in [4.78, 5) is 16.5. The third kappa shape index (κ3) is 6.03. The maximum atomic E-state index is 13.5. The first-order valence-electron chi connectivity index (χ1n) is 9.63. The maximum absolute atomic E-state index is 13.5. The summed E-state index contributed by atoms with van der Waals surface area (Å²) in [5.41, 5.74) is 0. The lowest BCUT2D eigenvalue weighted by molar-refractivity contribution is -0.667. The van der Waals surface area contributed by atoms with Crippen LogP contribution in [0.5, 0.6) is 12.0 Å². The molecule has 0 saturated heterocycles. The molecular weight excluding hydrogens is 648 g/mol. The molecule has 0 saturated carbocycles. The van der Waals surface area contributed by atoms with E-state index in [9.17, 15) is 16.8 Å². The number of anilines is 1. The molecule has 3 aromatic rings. The summed E-state index contributed by atoms with van der Waals surface area (Å²) in [5.74, 6) is -0.993.